The summed E-state index contributed by atoms with van der Waals surface area (Å²) in [5.41, 5.74) is 0.905. The first kappa shape index (κ1) is 17.0. The molecule has 136 valence electrons. The number of para-hydroxylation sites is 1. The van der Waals surface area contributed by atoms with E-state index in [1.807, 2.05) is 12.1 Å². The highest BCUT2D eigenvalue weighted by Gasteiger charge is 2.20. The van der Waals surface area contributed by atoms with Crippen LogP contribution >= 0.6 is 0 Å². The maximum absolute atomic E-state index is 12.8. The molecule has 0 spiro atoms. The summed E-state index contributed by atoms with van der Waals surface area (Å²) in [6, 6.07) is 8.74. The summed E-state index contributed by atoms with van der Waals surface area (Å²) in [7, 11) is -3.75. The molecule has 7 nitrogen and oxygen atoms in total. The molecular weight excluding hydrogens is 352 g/mol. The molecule has 1 aliphatic heterocycles. The Bertz CT molecular complexity index is 1000. The molecule has 3 heterocycles. The second-order valence-corrected chi connectivity index (χ2v) is 8.09. The van der Waals surface area contributed by atoms with E-state index in [0.717, 1.165) is 38.0 Å². The van der Waals surface area contributed by atoms with Gasteiger partial charge in [-0.15, -0.1) is 0 Å². The second kappa shape index (κ2) is 7.05. The van der Waals surface area contributed by atoms with E-state index in [9.17, 15) is 8.42 Å². The highest BCUT2D eigenvalue weighted by Crippen LogP contribution is 2.23. The van der Waals surface area contributed by atoms with Crippen molar-refractivity contribution in [2.45, 2.75) is 24.3 Å². The van der Waals surface area contributed by atoms with Gasteiger partial charge in [-0.05, 0) is 30.9 Å². The molecule has 2 aromatic heterocycles. The minimum absolute atomic E-state index is 0.160. The van der Waals surface area contributed by atoms with Crippen LogP contribution in [0.15, 0.2) is 53.8 Å². The van der Waals surface area contributed by atoms with E-state index in [4.69, 9.17) is 4.74 Å². The molecule has 0 saturated carbocycles. The van der Waals surface area contributed by atoms with Crippen LogP contribution in [0.5, 0.6) is 0 Å². The van der Waals surface area contributed by atoms with Crippen LogP contribution in [0.3, 0.4) is 0 Å². The fourth-order valence-corrected chi connectivity index (χ4v) is 4.42. The van der Waals surface area contributed by atoms with E-state index < -0.39 is 10.0 Å². The molecule has 1 fully saturated rings. The predicted molar refractivity (Wildman–Crippen MR) is 98.3 cm³/mol. The first-order valence-electron chi connectivity index (χ1n) is 8.58. The number of hydrogen-bond acceptors (Lipinski definition) is 5. The number of benzene rings is 1. The summed E-state index contributed by atoms with van der Waals surface area (Å²) in [5, 5.41) is 5.07. The van der Waals surface area contributed by atoms with Gasteiger partial charge in [0.2, 0.25) is 0 Å². The summed E-state index contributed by atoms with van der Waals surface area (Å²) in [4.78, 5) is 4.38. The average Bonchev–Trinajstić information content (AvgIpc) is 3.08. The van der Waals surface area contributed by atoms with Gasteiger partial charge in [-0.3, -0.25) is 14.4 Å². The monoisotopic (exact) mass is 372 g/mol. The molecular formula is C18H20N4O3S. The van der Waals surface area contributed by atoms with Gasteiger partial charge in [-0.2, -0.15) is 5.10 Å². The Morgan fingerprint density at radius 1 is 1.19 bits per heavy atom. The minimum atomic E-state index is -3.75. The Labute approximate surface area is 152 Å². The van der Waals surface area contributed by atoms with Crippen LogP contribution in [0.1, 0.15) is 12.8 Å². The Morgan fingerprint density at radius 3 is 2.85 bits per heavy atom. The summed E-state index contributed by atoms with van der Waals surface area (Å²) in [6.07, 6.45) is 6.86. The van der Waals surface area contributed by atoms with Crippen molar-refractivity contribution >= 4 is 26.6 Å². The number of nitrogens with one attached hydrogen (secondary N) is 1. The topological polar surface area (TPSA) is 86.1 Å². The zero-order chi connectivity index (χ0) is 18.0. The molecule has 1 saturated heterocycles. The molecule has 1 aromatic carbocycles. The molecule has 4 rings (SSSR count). The predicted octanol–water partition coefficient (Wildman–Crippen LogP) is 2.66. The number of nitrogens with zero attached hydrogens (tertiary/aromatic N) is 3. The van der Waals surface area contributed by atoms with Crippen LogP contribution in [-0.2, 0) is 21.3 Å². The van der Waals surface area contributed by atoms with Gasteiger partial charge in [0.05, 0.1) is 17.4 Å². The molecule has 0 atom stereocenters. The van der Waals surface area contributed by atoms with Gasteiger partial charge in [0.25, 0.3) is 10.0 Å². The minimum Gasteiger partial charge on any atom is -0.381 e. The SMILES string of the molecule is O=S(=O)(Nc1cnn(CC2CCOCC2)c1)c1cccc2cccnc12. The molecule has 0 amide bonds. The lowest BCUT2D eigenvalue weighted by Gasteiger charge is -2.21. The van der Waals surface area contributed by atoms with Gasteiger partial charge in [0.1, 0.15) is 4.90 Å². The first-order valence-corrected chi connectivity index (χ1v) is 10.1. The second-order valence-electron chi connectivity index (χ2n) is 6.44. The maximum Gasteiger partial charge on any atom is 0.264 e. The normalized spacial score (nSPS) is 16.0. The number of pyridine rings is 1. The number of fused-ring (bicyclic) bond motifs is 1. The quantitative estimate of drug-likeness (QED) is 0.744. The molecule has 0 radical (unpaired) electrons. The van der Waals surface area contributed by atoms with E-state index in [0.29, 0.717) is 17.1 Å². The molecule has 0 bridgehead atoms. The van der Waals surface area contributed by atoms with Crippen molar-refractivity contribution in [2.75, 3.05) is 17.9 Å². The highest BCUT2D eigenvalue weighted by atomic mass is 32.2. The van der Waals surface area contributed by atoms with Gasteiger partial charge in [0.15, 0.2) is 0 Å². The standard InChI is InChI=1S/C18H20N4O3S/c23-26(24,17-5-1-3-15-4-2-8-19-18(15)17)21-16-11-20-22(13-16)12-14-6-9-25-10-7-14/h1-5,8,11,13-14,21H,6-7,9-10,12H2. The summed E-state index contributed by atoms with van der Waals surface area (Å²) in [6.45, 7) is 2.32. The molecule has 8 heteroatoms. The lowest BCUT2D eigenvalue weighted by molar-refractivity contribution is 0.0601. The number of anilines is 1. The van der Waals surface area contributed by atoms with Crippen molar-refractivity contribution in [2.24, 2.45) is 5.92 Å². The van der Waals surface area contributed by atoms with Gasteiger partial charge >= 0.3 is 0 Å². The summed E-state index contributed by atoms with van der Waals surface area (Å²) in [5.74, 6) is 0.510. The fourth-order valence-electron chi connectivity index (χ4n) is 3.21. The lowest BCUT2D eigenvalue weighted by atomic mass is 10.0. The van der Waals surface area contributed by atoms with Gasteiger partial charge in [-0.1, -0.05) is 18.2 Å². The third kappa shape index (κ3) is 3.56. The van der Waals surface area contributed by atoms with Crippen molar-refractivity contribution in [3.8, 4) is 0 Å². The van der Waals surface area contributed by atoms with Crippen LogP contribution in [0, 0.1) is 5.92 Å². The molecule has 0 unspecified atom stereocenters. The summed E-state index contributed by atoms with van der Waals surface area (Å²) >= 11 is 0. The third-order valence-electron chi connectivity index (χ3n) is 4.56. The third-order valence-corrected chi connectivity index (χ3v) is 5.97. The molecule has 0 aliphatic carbocycles. The maximum atomic E-state index is 12.8. The molecule has 1 N–H and O–H groups in total. The van der Waals surface area contributed by atoms with E-state index in [-0.39, 0.29) is 4.90 Å². The zero-order valence-corrected chi connectivity index (χ0v) is 15.0. The highest BCUT2D eigenvalue weighted by molar-refractivity contribution is 7.93. The van der Waals surface area contributed by atoms with Gasteiger partial charge < -0.3 is 4.74 Å². The summed E-state index contributed by atoms with van der Waals surface area (Å²) < 4.78 is 35.4. The van der Waals surface area contributed by atoms with Crippen LogP contribution in [0.4, 0.5) is 5.69 Å². The average molecular weight is 372 g/mol. The van der Waals surface area contributed by atoms with Crippen LogP contribution in [0.2, 0.25) is 0 Å². The van der Waals surface area contributed by atoms with Crippen molar-refractivity contribution in [1.29, 1.82) is 0 Å². The Balaban J connectivity index is 1.54. The van der Waals surface area contributed by atoms with Crippen molar-refractivity contribution in [3.05, 3.63) is 48.9 Å². The number of sulfonamides is 1. The van der Waals surface area contributed by atoms with Crippen LogP contribution in [-0.4, -0.2) is 36.4 Å². The fraction of sp³-hybridized carbons (Fsp3) is 0.333. The van der Waals surface area contributed by atoms with Crippen LogP contribution < -0.4 is 4.72 Å². The molecule has 26 heavy (non-hydrogen) atoms. The number of aromatic nitrogens is 3. The van der Waals surface area contributed by atoms with E-state index in [2.05, 4.69) is 14.8 Å². The lowest BCUT2D eigenvalue weighted by Crippen LogP contribution is -2.20. The zero-order valence-electron chi connectivity index (χ0n) is 14.2. The van der Waals surface area contributed by atoms with Gasteiger partial charge in [-0.25, -0.2) is 8.42 Å². The van der Waals surface area contributed by atoms with E-state index in [1.54, 1.807) is 35.3 Å². The molecule has 3 aromatic rings. The Kier molecular flexibility index (Phi) is 4.60. The number of hydrogen-bond donors (Lipinski definition) is 1. The van der Waals surface area contributed by atoms with E-state index >= 15 is 0 Å². The largest absolute Gasteiger partial charge is 0.381 e. The number of ether oxygens (including phenoxy) is 1. The molecule has 1 aliphatic rings. The number of rotatable bonds is 5. The Hall–Kier alpha value is -2.45. The first-order chi connectivity index (χ1) is 12.6. The van der Waals surface area contributed by atoms with Crippen molar-refractivity contribution in [1.82, 2.24) is 14.8 Å². The smallest absolute Gasteiger partial charge is 0.264 e. The van der Waals surface area contributed by atoms with Crippen LogP contribution in [0.25, 0.3) is 10.9 Å². The van der Waals surface area contributed by atoms with Crippen molar-refractivity contribution < 1.29 is 13.2 Å². The van der Waals surface area contributed by atoms with Gasteiger partial charge in [0, 0.05) is 37.5 Å². The Morgan fingerprint density at radius 2 is 2.00 bits per heavy atom. The van der Waals surface area contributed by atoms with E-state index in [1.165, 1.54) is 6.20 Å². The van der Waals surface area contributed by atoms with Crippen molar-refractivity contribution in [3.63, 3.8) is 0 Å².